The van der Waals surface area contributed by atoms with Crippen LogP contribution in [0.3, 0.4) is 0 Å². The Morgan fingerprint density at radius 2 is 1.87 bits per heavy atom. The monoisotopic (exact) mass is 354 g/mol. The van der Waals surface area contributed by atoms with E-state index in [9.17, 15) is 8.42 Å². The number of methoxy groups -OCH3 is 1. The number of benzene rings is 1. The van der Waals surface area contributed by atoms with Gasteiger partial charge >= 0.3 is 0 Å². The maximum atomic E-state index is 13.0. The van der Waals surface area contributed by atoms with E-state index in [1.165, 1.54) is 17.6 Å². The lowest BCUT2D eigenvalue weighted by Gasteiger charge is -2.25. The number of ether oxygens (including phenoxy) is 1. The van der Waals surface area contributed by atoms with Crippen molar-refractivity contribution in [1.29, 1.82) is 0 Å². The lowest BCUT2D eigenvalue weighted by Crippen LogP contribution is -2.33. The normalized spacial score (nSPS) is 11.5. The molecule has 23 heavy (non-hydrogen) atoms. The van der Waals surface area contributed by atoms with Crippen LogP contribution in [-0.2, 0) is 14.8 Å². The van der Waals surface area contributed by atoms with Crippen LogP contribution in [0.15, 0.2) is 35.4 Å². The fraction of sp³-hybridized carbons (Fsp3) is 0.312. The van der Waals surface area contributed by atoms with E-state index in [-0.39, 0.29) is 11.6 Å². The SMILES string of the molecule is COCN(c1cc(Cl)cnc1C)S(=O)(=O)c1ccc(C)c(C)c1. The fourth-order valence-electron chi connectivity index (χ4n) is 2.14. The third-order valence-electron chi connectivity index (χ3n) is 3.61. The molecule has 1 aromatic heterocycles. The molecule has 0 saturated carbocycles. The number of aromatic nitrogens is 1. The summed E-state index contributed by atoms with van der Waals surface area (Å²) in [5.74, 6) is 0. The number of hydrogen-bond acceptors (Lipinski definition) is 4. The Bertz CT molecular complexity index is 822. The number of rotatable bonds is 5. The van der Waals surface area contributed by atoms with Crippen molar-refractivity contribution in [2.45, 2.75) is 25.7 Å². The van der Waals surface area contributed by atoms with Crippen LogP contribution in [0.5, 0.6) is 0 Å². The van der Waals surface area contributed by atoms with Crippen LogP contribution in [0.1, 0.15) is 16.8 Å². The number of anilines is 1. The molecule has 0 radical (unpaired) electrons. The second kappa shape index (κ2) is 6.86. The van der Waals surface area contributed by atoms with Gasteiger partial charge in [0.15, 0.2) is 0 Å². The van der Waals surface area contributed by atoms with Gasteiger partial charge in [-0.15, -0.1) is 0 Å². The third-order valence-corrected chi connectivity index (χ3v) is 5.55. The van der Waals surface area contributed by atoms with Gasteiger partial charge in [-0.25, -0.2) is 12.7 Å². The highest BCUT2D eigenvalue weighted by molar-refractivity contribution is 7.92. The first-order valence-corrected chi connectivity index (χ1v) is 8.80. The average Bonchev–Trinajstić information content (AvgIpc) is 2.50. The van der Waals surface area contributed by atoms with E-state index >= 15 is 0 Å². The van der Waals surface area contributed by atoms with E-state index < -0.39 is 10.0 Å². The zero-order chi connectivity index (χ0) is 17.2. The van der Waals surface area contributed by atoms with Crippen molar-refractivity contribution < 1.29 is 13.2 Å². The Balaban J connectivity index is 2.59. The second-order valence-corrected chi connectivity index (χ2v) is 7.57. The van der Waals surface area contributed by atoms with Gasteiger partial charge in [0.05, 0.1) is 21.3 Å². The van der Waals surface area contributed by atoms with Crippen LogP contribution in [-0.4, -0.2) is 27.2 Å². The molecule has 0 amide bonds. The van der Waals surface area contributed by atoms with Gasteiger partial charge in [0, 0.05) is 13.3 Å². The minimum atomic E-state index is -3.79. The number of hydrogen-bond donors (Lipinski definition) is 0. The Morgan fingerprint density at radius 1 is 1.17 bits per heavy atom. The van der Waals surface area contributed by atoms with Gasteiger partial charge in [0.25, 0.3) is 10.0 Å². The molecule has 1 heterocycles. The van der Waals surface area contributed by atoms with Gasteiger partial charge in [-0.05, 0) is 50.1 Å². The zero-order valence-electron chi connectivity index (χ0n) is 13.5. The molecule has 0 atom stereocenters. The van der Waals surface area contributed by atoms with Crippen molar-refractivity contribution >= 4 is 27.3 Å². The predicted octanol–water partition coefficient (Wildman–Crippen LogP) is 3.46. The smallest absolute Gasteiger partial charge is 0.266 e. The molecular formula is C16H19ClN2O3S. The van der Waals surface area contributed by atoms with E-state index in [2.05, 4.69) is 4.98 Å². The van der Waals surface area contributed by atoms with Crippen LogP contribution in [0.4, 0.5) is 5.69 Å². The molecule has 0 saturated heterocycles. The molecule has 1 aromatic carbocycles. The molecule has 124 valence electrons. The topological polar surface area (TPSA) is 59.5 Å². The van der Waals surface area contributed by atoms with Crippen molar-refractivity contribution in [2.24, 2.45) is 0 Å². The molecular weight excluding hydrogens is 336 g/mol. The molecule has 5 nitrogen and oxygen atoms in total. The fourth-order valence-corrected chi connectivity index (χ4v) is 3.80. The number of aryl methyl sites for hydroxylation is 3. The van der Waals surface area contributed by atoms with E-state index in [1.54, 1.807) is 31.2 Å². The molecule has 0 bridgehead atoms. The van der Waals surface area contributed by atoms with Gasteiger partial charge in [-0.3, -0.25) is 4.98 Å². The minimum absolute atomic E-state index is 0.127. The zero-order valence-corrected chi connectivity index (χ0v) is 15.1. The predicted molar refractivity (Wildman–Crippen MR) is 91.4 cm³/mol. The van der Waals surface area contributed by atoms with Crippen molar-refractivity contribution in [1.82, 2.24) is 4.98 Å². The Hall–Kier alpha value is -1.63. The van der Waals surface area contributed by atoms with Crippen molar-refractivity contribution in [2.75, 3.05) is 18.1 Å². The number of nitrogens with zero attached hydrogens (tertiary/aromatic N) is 2. The van der Waals surface area contributed by atoms with Gasteiger partial charge in [-0.1, -0.05) is 17.7 Å². The first kappa shape index (κ1) is 17.7. The first-order chi connectivity index (χ1) is 10.8. The van der Waals surface area contributed by atoms with Crippen LogP contribution < -0.4 is 4.31 Å². The molecule has 2 aromatic rings. The molecule has 0 spiro atoms. The van der Waals surface area contributed by atoms with E-state index in [0.717, 1.165) is 11.1 Å². The van der Waals surface area contributed by atoms with Crippen molar-refractivity contribution in [3.05, 3.63) is 52.3 Å². The average molecular weight is 355 g/mol. The Kier molecular flexibility index (Phi) is 5.29. The maximum absolute atomic E-state index is 13.0. The second-order valence-electron chi connectivity index (χ2n) is 5.28. The minimum Gasteiger partial charge on any atom is -0.363 e. The summed E-state index contributed by atoms with van der Waals surface area (Å²) in [7, 11) is -2.34. The number of sulfonamides is 1. The van der Waals surface area contributed by atoms with Crippen LogP contribution in [0.2, 0.25) is 5.02 Å². The summed E-state index contributed by atoms with van der Waals surface area (Å²) in [4.78, 5) is 4.33. The molecule has 0 aliphatic carbocycles. The molecule has 0 N–H and O–H groups in total. The Labute approximate surface area is 141 Å². The maximum Gasteiger partial charge on any atom is 0.266 e. The highest BCUT2D eigenvalue weighted by Gasteiger charge is 2.27. The molecule has 0 aliphatic heterocycles. The van der Waals surface area contributed by atoms with E-state index in [4.69, 9.17) is 16.3 Å². The summed E-state index contributed by atoms with van der Waals surface area (Å²) < 4.78 is 32.3. The lowest BCUT2D eigenvalue weighted by molar-refractivity contribution is 0.209. The van der Waals surface area contributed by atoms with Crippen molar-refractivity contribution in [3.8, 4) is 0 Å². The van der Waals surface area contributed by atoms with Gasteiger partial charge < -0.3 is 4.74 Å². The summed E-state index contributed by atoms with van der Waals surface area (Å²) >= 11 is 5.98. The lowest BCUT2D eigenvalue weighted by atomic mass is 10.1. The number of halogens is 1. The van der Waals surface area contributed by atoms with E-state index in [0.29, 0.717) is 16.4 Å². The molecule has 2 rings (SSSR count). The molecule has 0 fully saturated rings. The summed E-state index contributed by atoms with van der Waals surface area (Å²) in [6.45, 7) is 5.41. The highest BCUT2D eigenvalue weighted by atomic mass is 35.5. The first-order valence-electron chi connectivity index (χ1n) is 6.98. The summed E-state index contributed by atoms with van der Waals surface area (Å²) in [5, 5.41) is 0.363. The van der Waals surface area contributed by atoms with Crippen LogP contribution in [0, 0.1) is 20.8 Å². The standard InChI is InChI=1S/C16H19ClN2O3S/c1-11-5-6-15(7-12(11)2)23(20,21)19(10-22-4)16-8-14(17)9-18-13(16)3/h5-9H,10H2,1-4H3. The number of pyridine rings is 1. The quantitative estimate of drug-likeness (QED) is 0.771. The van der Waals surface area contributed by atoms with Gasteiger partial charge in [0.1, 0.15) is 6.73 Å². The third kappa shape index (κ3) is 3.65. The summed E-state index contributed by atoms with van der Waals surface area (Å²) in [5.41, 5.74) is 2.89. The largest absolute Gasteiger partial charge is 0.363 e. The van der Waals surface area contributed by atoms with Gasteiger partial charge in [0.2, 0.25) is 0 Å². The molecule has 7 heteroatoms. The highest BCUT2D eigenvalue weighted by Crippen LogP contribution is 2.28. The van der Waals surface area contributed by atoms with Crippen molar-refractivity contribution in [3.63, 3.8) is 0 Å². The molecule has 0 unspecified atom stereocenters. The van der Waals surface area contributed by atoms with Crippen LogP contribution in [0.25, 0.3) is 0 Å². The summed E-state index contributed by atoms with van der Waals surface area (Å²) in [6, 6.07) is 6.60. The molecule has 0 aliphatic rings. The van der Waals surface area contributed by atoms with E-state index in [1.807, 2.05) is 13.8 Å². The van der Waals surface area contributed by atoms with Gasteiger partial charge in [-0.2, -0.15) is 0 Å². The summed E-state index contributed by atoms with van der Waals surface area (Å²) in [6.07, 6.45) is 1.48. The van der Waals surface area contributed by atoms with Crippen LogP contribution >= 0.6 is 11.6 Å². The Morgan fingerprint density at radius 3 is 2.48 bits per heavy atom.